The number of aliphatic hydroxyl groups is 2. The highest BCUT2D eigenvalue weighted by molar-refractivity contribution is 5.85. The van der Waals surface area contributed by atoms with Crippen LogP contribution in [0.1, 0.15) is 16.7 Å². The Balaban J connectivity index is 0.00000144. The molecule has 0 fully saturated rings. The maximum atomic E-state index is 8.99. The van der Waals surface area contributed by atoms with Gasteiger partial charge >= 0.3 is 0 Å². The topological polar surface area (TPSA) is 66.5 Å². The van der Waals surface area contributed by atoms with Gasteiger partial charge in [-0.05, 0) is 16.7 Å². The number of nitrogens with two attached hydrogens (primary N) is 1. The fourth-order valence-electron chi connectivity index (χ4n) is 1.23. The smallest absolute Gasteiger partial charge is 0.0688 e. The van der Waals surface area contributed by atoms with Gasteiger partial charge in [-0.2, -0.15) is 0 Å². The molecule has 74 valence electrons. The minimum atomic E-state index is -0.0662. The summed E-state index contributed by atoms with van der Waals surface area (Å²) in [6.45, 7) is 0.275. The van der Waals surface area contributed by atoms with E-state index < -0.39 is 0 Å². The first kappa shape index (κ1) is 12.4. The lowest BCUT2D eigenvalue weighted by molar-refractivity contribution is 0.259. The van der Waals surface area contributed by atoms with E-state index >= 15 is 0 Å². The molecular weight excluding hydrogens is 190 g/mol. The van der Waals surface area contributed by atoms with E-state index in [0.29, 0.717) is 6.54 Å². The second-order valence-corrected chi connectivity index (χ2v) is 2.58. The summed E-state index contributed by atoms with van der Waals surface area (Å²) in [5.74, 6) is 0. The van der Waals surface area contributed by atoms with Crippen LogP contribution in [0.15, 0.2) is 18.2 Å². The van der Waals surface area contributed by atoms with Crippen molar-refractivity contribution in [2.24, 2.45) is 5.73 Å². The van der Waals surface area contributed by atoms with Gasteiger partial charge in [0.2, 0.25) is 0 Å². The average Bonchev–Trinajstić information content (AvgIpc) is 2.16. The zero-order chi connectivity index (χ0) is 8.97. The molecule has 13 heavy (non-hydrogen) atoms. The highest BCUT2D eigenvalue weighted by Crippen LogP contribution is 2.14. The maximum absolute atomic E-state index is 8.99. The van der Waals surface area contributed by atoms with E-state index in [1.54, 1.807) is 6.07 Å². The molecule has 4 N–H and O–H groups in total. The van der Waals surface area contributed by atoms with E-state index in [1.165, 1.54) is 0 Å². The van der Waals surface area contributed by atoms with E-state index in [-0.39, 0.29) is 25.6 Å². The molecule has 0 amide bonds. The lowest BCUT2D eigenvalue weighted by Gasteiger charge is -2.08. The molecule has 0 saturated carbocycles. The van der Waals surface area contributed by atoms with Crippen LogP contribution in [0.3, 0.4) is 0 Å². The van der Waals surface area contributed by atoms with Gasteiger partial charge in [0, 0.05) is 6.54 Å². The number of aliphatic hydroxyl groups excluding tert-OH is 2. The largest absolute Gasteiger partial charge is 0.392 e. The van der Waals surface area contributed by atoms with Crippen LogP contribution < -0.4 is 5.73 Å². The van der Waals surface area contributed by atoms with Crippen LogP contribution in [0, 0.1) is 0 Å². The van der Waals surface area contributed by atoms with Crippen LogP contribution in [0.25, 0.3) is 0 Å². The van der Waals surface area contributed by atoms with Crippen molar-refractivity contribution in [3.8, 4) is 0 Å². The van der Waals surface area contributed by atoms with Gasteiger partial charge in [0.1, 0.15) is 0 Å². The zero-order valence-electron chi connectivity index (χ0n) is 7.23. The van der Waals surface area contributed by atoms with Crippen molar-refractivity contribution >= 4 is 12.4 Å². The second-order valence-electron chi connectivity index (χ2n) is 2.58. The van der Waals surface area contributed by atoms with E-state index in [0.717, 1.165) is 16.7 Å². The van der Waals surface area contributed by atoms with E-state index in [4.69, 9.17) is 15.9 Å². The molecule has 1 rings (SSSR count). The highest BCUT2D eigenvalue weighted by Gasteiger charge is 2.04. The molecule has 0 spiro atoms. The molecule has 0 aliphatic rings. The predicted octanol–water partition coefficient (Wildman–Crippen LogP) is 0.552. The zero-order valence-corrected chi connectivity index (χ0v) is 8.05. The maximum Gasteiger partial charge on any atom is 0.0688 e. The highest BCUT2D eigenvalue weighted by atomic mass is 35.5. The van der Waals surface area contributed by atoms with Crippen molar-refractivity contribution < 1.29 is 10.2 Å². The normalized spacial score (nSPS) is 9.46. The van der Waals surface area contributed by atoms with Crippen LogP contribution in [-0.4, -0.2) is 10.2 Å². The van der Waals surface area contributed by atoms with Crippen LogP contribution >= 0.6 is 12.4 Å². The number of benzene rings is 1. The molecule has 0 aliphatic carbocycles. The van der Waals surface area contributed by atoms with Crippen molar-refractivity contribution in [3.63, 3.8) is 0 Å². The van der Waals surface area contributed by atoms with Crippen molar-refractivity contribution in [2.45, 2.75) is 19.8 Å². The Morgan fingerprint density at radius 2 is 1.69 bits per heavy atom. The molecule has 0 unspecified atom stereocenters. The molecule has 0 aromatic heterocycles. The molecule has 0 radical (unpaired) electrons. The Labute approximate surface area is 83.6 Å². The van der Waals surface area contributed by atoms with Gasteiger partial charge in [-0.15, -0.1) is 12.4 Å². The summed E-state index contributed by atoms with van der Waals surface area (Å²) in [6, 6.07) is 5.46. The molecule has 0 aliphatic heterocycles. The van der Waals surface area contributed by atoms with E-state index in [2.05, 4.69) is 0 Å². The fourth-order valence-corrected chi connectivity index (χ4v) is 1.23. The SMILES string of the molecule is Cl.NCc1cccc(CO)c1CO. The van der Waals surface area contributed by atoms with Gasteiger partial charge < -0.3 is 15.9 Å². The van der Waals surface area contributed by atoms with Crippen molar-refractivity contribution in [2.75, 3.05) is 0 Å². The molecule has 0 saturated heterocycles. The van der Waals surface area contributed by atoms with Crippen LogP contribution in [0.4, 0.5) is 0 Å². The first-order chi connectivity index (χ1) is 5.83. The molecule has 0 atom stereocenters. The third-order valence-electron chi connectivity index (χ3n) is 1.92. The molecule has 3 nitrogen and oxygen atoms in total. The third kappa shape index (κ3) is 2.67. The lowest BCUT2D eigenvalue weighted by atomic mass is 10.0. The standard InChI is InChI=1S/C9H13NO2.ClH/c10-4-7-2-1-3-8(5-11)9(7)6-12;/h1-3,11-12H,4-6,10H2;1H. The number of hydrogen-bond acceptors (Lipinski definition) is 3. The minimum Gasteiger partial charge on any atom is -0.392 e. The summed E-state index contributed by atoms with van der Waals surface area (Å²) in [5, 5.41) is 17.9. The van der Waals surface area contributed by atoms with Crippen molar-refractivity contribution in [3.05, 3.63) is 34.9 Å². The Morgan fingerprint density at radius 3 is 2.15 bits per heavy atom. The first-order valence-corrected chi connectivity index (χ1v) is 3.85. The quantitative estimate of drug-likeness (QED) is 0.672. The van der Waals surface area contributed by atoms with Gasteiger partial charge in [-0.3, -0.25) is 0 Å². The van der Waals surface area contributed by atoms with E-state index in [9.17, 15) is 0 Å². The minimum absolute atomic E-state index is 0. The molecule has 4 heteroatoms. The monoisotopic (exact) mass is 203 g/mol. The third-order valence-corrected chi connectivity index (χ3v) is 1.92. The molecule has 1 aromatic carbocycles. The van der Waals surface area contributed by atoms with Gasteiger partial charge in [-0.25, -0.2) is 0 Å². The molecule has 1 aromatic rings. The summed E-state index contributed by atoms with van der Waals surface area (Å²) in [5.41, 5.74) is 7.85. The van der Waals surface area contributed by atoms with Crippen LogP contribution in [0.5, 0.6) is 0 Å². The molecular formula is C9H14ClNO2. The summed E-state index contributed by atoms with van der Waals surface area (Å²) in [7, 11) is 0. The van der Waals surface area contributed by atoms with Gasteiger partial charge in [-0.1, -0.05) is 18.2 Å². The Morgan fingerprint density at radius 1 is 1.08 bits per heavy atom. The van der Waals surface area contributed by atoms with Crippen molar-refractivity contribution in [1.82, 2.24) is 0 Å². The second kappa shape index (κ2) is 5.94. The fraction of sp³-hybridized carbons (Fsp3) is 0.333. The Hall–Kier alpha value is -0.610. The van der Waals surface area contributed by atoms with Crippen LogP contribution in [0.2, 0.25) is 0 Å². The summed E-state index contributed by atoms with van der Waals surface area (Å²) < 4.78 is 0. The van der Waals surface area contributed by atoms with Gasteiger partial charge in [0.15, 0.2) is 0 Å². The number of rotatable bonds is 3. The molecule has 0 bridgehead atoms. The Kier molecular flexibility index (Phi) is 5.66. The first-order valence-electron chi connectivity index (χ1n) is 3.85. The number of hydrogen-bond donors (Lipinski definition) is 3. The van der Waals surface area contributed by atoms with Gasteiger partial charge in [0.05, 0.1) is 13.2 Å². The predicted molar refractivity (Wildman–Crippen MR) is 53.4 cm³/mol. The van der Waals surface area contributed by atoms with E-state index in [1.807, 2.05) is 12.1 Å². The average molecular weight is 204 g/mol. The summed E-state index contributed by atoms with van der Waals surface area (Å²) in [4.78, 5) is 0. The summed E-state index contributed by atoms with van der Waals surface area (Å²) >= 11 is 0. The summed E-state index contributed by atoms with van der Waals surface area (Å²) in [6.07, 6.45) is 0. The molecule has 0 heterocycles. The lowest BCUT2D eigenvalue weighted by Crippen LogP contribution is -2.04. The van der Waals surface area contributed by atoms with Gasteiger partial charge in [0.25, 0.3) is 0 Å². The van der Waals surface area contributed by atoms with Crippen molar-refractivity contribution in [1.29, 1.82) is 0 Å². The Bertz CT molecular complexity index is 244. The van der Waals surface area contributed by atoms with Crippen LogP contribution in [-0.2, 0) is 19.8 Å². The number of halogens is 1.